The zero-order valence-corrected chi connectivity index (χ0v) is 12.0. The van der Waals surface area contributed by atoms with Gasteiger partial charge in [-0.05, 0) is 19.8 Å². The standard InChI is InChI=1S/C13H20N4O3/c1-4-9(5-2)17-12(18)6-10(13(17)19)14-7-11-15-8(3)16-20-11/h9-10,14H,4-7H2,1-3H3. The Morgan fingerprint density at radius 2 is 2.10 bits per heavy atom. The minimum Gasteiger partial charge on any atom is -0.338 e. The predicted octanol–water partition coefficient (Wildman–Crippen LogP) is 0.784. The molecule has 1 saturated heterocycles. The van der Waals surface area contributed by atoms with Crippen LogP contribution < -0.4 is 5.32 Å². The quantitative estimate of drug-likeness (QED) is 0.775. The Bertz CT molecular complexity index is 496. The molecule has 0 aromatic carbocycles. The Kier molecular flexibility index (Phi) is 4.49. The summed E-state index contributed by atoms with van der Waals surface area (Å²) in [4.78, 5) is 29.7. The number of aryl methyl sites for hydroxylation is 1. The minimum atomic E-state index is -0.490. The molecule has 2 amide bonds. The normalized spacial score (nSPS) is 19.4. The molecule has 0 spiro atoms. The van der Waals surface area contributed by atoms with Crippen molar-refractivity contribution in [1.82, 2.24) is 20.4 Å². The highest BCUT2D eigenvalue weighted by molar-refractivity contribution is 6.05. The number of carbonyl (C=O) groups is 2. The summed E-state index contributed by atoms with van der Waals surface area (Å²) in [6.45, 7) is 5.99. The van der Waals surface area contributed by atoms with E-state index < -0.39 is 6.04 Å². The van der Waals surface area contributed by atoms with Crippen LogP contribution in [0.4, 0.5) is 0 Å². The lowest BCUT2D eigenvalue weighted by Gasteiger charge is -2.24. The third-order valence-electron chi connectivity index (χ3n) is 3.56. The molecule has 7 heteroatoms. The van der Waals surface area contributed by atoms with Crippen molar-refractivity contribution in [3.05, 3.63) is 11.7 Å². The molecule has 1 aliphatic rings. The van der Waals surface area contributed by atoms with E-state index in [9.17, 15) is 9.59 Å². The van der Waals surface area contributed by atoms with E-state index in [1.807, 2.05) is 13.8 Å². The summed E-state index contributed by atoms with van der Waals surface area (Å²) < 4.78 is 4.97. The van der Waals surface area contributed by atoms with Crippen LogP contribution in [-0.4, -0.2) is 38.9 Å². The van der Waals surface area contributed by atoms with Gasteiger partial charge in [0.1, 0.15) is 0 Å². The van der Waals surface area contributed by atoms with Crippen LogP contribution in [0.2, 0.25) is 0 Å². The molecule has 0 aliphatic carbocycles. The average molecular weight is 280 g/mol. The number of hydrogen-bond acceptors (Lipinski definition) is 6. The van der Waals surface area contributed by atoms with E-state index in [4.69, 9.17) is 4.52 Å². The fourth-order valence-electron chi connectivity index (χ4n) is 2.47. The van der Waals surface area contributed by atoms with Crippen LogP contribution in [0.25, 0.3) is 0 Å². The number of nitrogens with zero attached hydrogens (tertiary/aromatic N) is 3. The molecule has 1 aromatic heterocycles. The summed E-state index contributed by atoms with van der Waals surface area (Å²) in [5.74, 6) is 0.709. The Hall–Kier alpha value is -1.76. The van der Waals surface area contributed by atoms with Gasteiger partial charge in [-0.1, -0.05) is 19.0 Å². The molecular formula is C13H20N4O3. The smallest absolute Gasteiger partial charge is 0.247 e. The summed E-state index contributed by atoms with van der Waals surface area (Å²) in [6.07, 6.45) is 1.76. The second-order valence-electron chi connectivity index (χ2n) is 4.95. The lowest BCUT2D eigenvalue weighted by Crippen LogP contribution is -2.43. The van der Waals surface area contributed by atoms with Crippen LogP contribution in [0, 0.1) is 6.92 Å². The van der Waals surface area contributed by atoms with E-state index in [0.29, 0.717) is 18.3 Å². The molecule has 0 radical (unpaired) electrons. The predicted molar refractivity (Wildman–Crippen MR) is 70.5 cm³/mol. The third kappa shape index (κ3) is 2.87. The molecular weight excluding hydrogens is 260 g/mol. The van der Waals surface area contributed by atoms with Gasteiger partial charge in [0, 0.05) is 6.04 Å². The van der Waals surface area contributed by atoms with Gasteiger partial charge in [-0.15, -0.1) is 0 Å². The minimum absolute atomic E-state index is 0.00699. The van der Waals surface area contributed by atoms with Crippen molar-refractivity contribution in [1.29, 1.82) is 0 Å². The molecule has 1 atom stereocenters. The van der Waals surface area contributed by atoms with Gasteiger partial charge in [0.2, 0.25) is 17.7 Å². The summed E-state index contributed by atoms with van der Waals surface area (Å²) in [7, 11) is 0. The van der Waals surface area contributed by atoms with E-state index in [1.54, 1.807) is 6.92 Å². The molecule has 1 aromatic rings. The molecule has 1 fully saturated rings. The van der Waals surface area contributed by atoms with Crippen LogP contribution in [0.3, 0.4) is 0 Å². The van der Waals surface area contributed by atoms with E-state index in [0.717, 1.165) is 12.8 Å². The highest BCUT2D eigenvalue weighted by Crippen LogP contribution is 2.20. The zero-order chi connectivity index (χ0) is 14.7. The van der Waals surface area contributed by atoms with Gasteiger partial charge < -0.3 is 4.52 Å². The van der Waals surface area contributed by atoms with Crippen molar-refractivity contribution < 1.29 is 14.1 Å². The van der Waals surface area contributed by atoms with Gasteiger partial charge in [0.15, 0.2) is 5.82 Å². The van der Waals surface area contributed by atoms with Crippen molar-refractivity contribution in [2.45, 2.75) is 58.7 Å². The van der Waals surface area contributed by atoms with Gasteiger partial charge in [-0.25, -0.2) is 0 Å². The Labute approximate surface area is 117 Å². The van der Waals surface area contributed by atoms with E-state index in [2.05, 4.69) is 15.5 Å². The first kappa shape index (κ1) is 14.6. The summed E-state index contributed by atoms with van der Waals surface area (Å²) in [5, 5.41) is 6.69. The van der Waals surface area contributed by atoms with E-state index >= 15 is 0 Å². The van der Waals surface area contributed by atoms with Crippen molar-refractivity contribution >= 4 is 11.8 Å². The molecule has 20 heavy (non-hydrogen) atoms. The fourth-order valence-corrected chi connectivity index (χ4v) is 2.47. The monoisotopic (exact) mass is 280 g/mol. The first-order valence-corrected chi connectivity index (χ1v) is 6.95. The van der Waals surface area contributed by atoms with E-state index in [-0.39, 0.29) is 24.3 Å². The Balaban J connectivity index is 1.97. The fraction of sp³-hybridized carbons (Fsp3) is 0.692. The van der Waals surface area contributed by atoms with Gasteiger partial charge >= 0.3 is 0 Å². The molecule has 1 unspecified atom stereocenters. The number of hydrogen-bond donors (Lipinski definition) is 1. The third-order valence-corrected chi connectivity index (χ3v) is 3.56. The topological polar surface area (TPSA) is 88.3 Å². The Morgan fingerprint density at radius 1 is 1.40 bits per heavy atom. The maximum absolute atomic E-state index is 12.3. The van der Waals surface area contributed by atoms with Crippen molar-refractivity contribution in [2.24, 2.45) is 0 Å². The lowest BCUT2D eigenvalue weighted by molar-refractivity contribution is -0.141. The largest absolute Gasteiger partial charge is 0.338 e. The highest BCUT2D eigenvalue weighted by atomic mass is 16.5. The summed E-state index contributed by atoms with van der Waals surface area (Å²) >= 11 is 0. The number of rotatable bonds is 6. The number of imide groups is 1. The average Bonchev–Trinajstić information content (AvgIpc) is 2.95. The molecule has 110 valence electrons. The first-order chi connectivity index (χ1) is 9.56. The number of amides is 2. The van der Waals surface area contributed by atoms with Crippen LogP contribution in [0.5, 0.6) is 0 Å². The molecule has 1 aliphatic heterocycles. The van der Waals surface area contributed by atoms with Gasteiger partial charge in [0.25, 0.3) is 0 Å². The van der Waals surface area contributed by atoms with Crippen molar-refractivity contribution in [3.63, 3.8) is 0 Å². The number of aromatic nitrogens is 2. The summed E-state index contributed by atoms with van der Waals surface area (Å²) in [5.41, 5.74) is 0. The molecule has 0 bridgehead atoms. The highest BCUT2D eigenvalue weighted by Gasteiger charge is 2.41. The maximum Gasteiger partial charge on any atom is 0.247 e. The van der Waals surface area contributed by atoms with Crippen LogP contribution in [0.15, 0.2) is 4.52 Å². The molecule has 7 nitrogen and oxygen atoms in total. The second kappa shape index (κ2) is 6.13. The van der Waals surface area contributed by atoms with Gasteiger partial charge in [-0.2, -0.15) is 4.98 Å². The SMILES string of the molecule is CCC(CC)N1C(=O)CC(NCc2nc(C)no2)C1=O. The first-order valence-electron chi connectivity index (χ1n) is 6.95. The van der Waals surface area contributed by atoms with Crippen molar-refractivity contribution in [3.8, 4) is 0 Å². The number of likely N-dealkylation sites (tertiary alicyclic amines) is 1. The molecule has 0 saturated carbocycles. The van der Waals surface area contributed by atoms with Crippen LogP contribution in [0.1, 0.15) is 44.8 Å². The van der Waals surface area contributed by atoms with Crippen LogP contribution >= 0.6 is 0 Å². The summed E-state index contributed by atoms with van der Waals surface area (Å²) in [6, 6.07) is -0.497. The lowest BCUT2D eigenvalue weighted by atomic mass is 10.1. The number of nitrogens with one attached hydrogen (secondary N) is 1. The molecule has 1 N–H and O–H groups in total. The van der Waals surface area contributed by atoms with Gasteiger partial charge in [-0.3, -0.25) is 19.8 Å². The molecule has 2 rings (SSSR count). The van der Waals surface area contributed by atoms with Crippen LogP contribution in [-0.2, 0) is 16.1 Å². The van der Waals surface area contributed by atoms with E-state index in [1.165, 1.54) is 4.90 Å². The van der Waals surface area contributed by atoms with Gasteiger partial charge in [0.05, 0.1) is 19.0 Å². The molecule has 2 heterocycles. The zero-order valence-electron chi connectivity index (χ0n) is 12.0. The van der Waals surface area contributed by atoms with Crippen molar-refractivity contribution in [2.75, 3.05) is 0 Å². The maximum atomic E-state index is 12.3. The Morgan fingerprint density at radius 3 is 2.65 bits per heavy atom. The number of carbonyl (C=O) groups excluding carboxylic acids is 2. The second-order valence-corrected chi connectivity index (χ2v) is 4.95.